The highest BCUT2D eigenvalue weighted by atomic mass is 35.5. The Morgan fingerprint density at radius 2 is 2.24 bits per heavy atom. The third-order valence-electron chi connectivity index (χ3n) is 3.16. The Kier molecular flexibility index (Phi) is 4.31. The van der Waals surface area contributed by atoms with Crippen LogP contribution in [0.25, 0.3) is 0 Å². The zero-order valence-corrected chi connectivity index (χ0v) is 10.4. The van der Waals surface area contributed by atoms with Crippen LogP contribution in [0.15, 0.2) is 12.1 Å². The van der Waals surface area contributed by atoms with Crippen LogP contribution in [-0.2, 0) is 0 Å². The van der Waals surface area contributed by atoms with Crippen molar-refractivity contribution < 1.29 is 4.79 Å². The van der Waals surface area contributed by atoms with Crippen molar-refractivity contribution >= 4 is 17.5 Å². The summed E-state index contributed by atoms with van der Waals surface area (Å²) in [5, 5.41) is 10.5. The molecule has 1 amide bonds. The van der Waals surface area contributed by atoms with Crippen LogP contribution >= 0.6 is 11.6 Å². The highest BCUT2D eigenvalue weighted by molar-refractivity contribution is 6.29. The lowest BCUT2D eigenvalue weighted by Gasteiger charge is -2.24. The molecule has 0 spiro atoms. The number of nitrogens with zero attached hydrogens (tertiary/aromatic N) is 2. The summed E-state index contributed by atoms with van der Waals surface area (Å²) in [6.45, 7) is 0.708. The molecule has 92 valence electrons. The lowest BCUT2D eigenvalue weighted by Crippen LogP contribution is -2.26. The Balaban J connectivity index is 1.67. The Bertz CT molecular complexity index is 376. The molecule has 0 radical (unpaired) electrons. The summed E-state index contributed by atoms with van der Waals surface area (Å²) < 4.78 is 0. The van der Waals surface area contributed by atoms with Crippen LogP contribution in [0.1, 0.15) is 42.6 Å². The molecule has 0 unspecified atom stereocenters. The van der Waals surface area contributed by atoms with Crippen molar-refractivity contribution in [3.8, 4) is 0 Å². The number of aromatic nitrogens is 2. The lowest BCUT2D eigenvalue weighted by molar-refractivity contribution is 0.0945. The predicted octanol–water partition coefficient (Wildman–Crippen LogP) is 2.44. The molecular formula is C12H16ClN3O. The highest BCUT2D eigenvalue weighted by Gasteiger charge is 2.16. The number of nitrogens with one attached hydrogen (secondary N) is 1. The van der Waals surface area contributed by atoms with Crippen molar-refractivity contribution in [1.82, 2.24) is 15.5 Å². The molecule has 1 fully saturated rings. The largest absolute Gasteiger partial charge is 0.351 e. The highest BCUT2D eigenvalue weighted by Crippen LogP contribution is 2.30. The summed E-state index contributed by atoms with van der Waals surface area (Å²) in [5.41, 5.74) is 0.318. The fourth-order valence-electron chi connectivity index (χ4n) is 1.90. The lowest BCUT2D eigenvalue weighted by atomic mass is 9.82. The quantitative estimate of drug-likeness (QED) is 0.820. The maximum absolute atomic E-state index is 11.6. The first-order chi connectivity index (χ1) is 8.25. The van der Waals surface area contributed by atoms with E-state index < -0.39 is 0 Å². The predicted molar refractivity (Wildman–Crippen MR) is 66.0 cm³/mol. The average Bonchev–Trinajstić information content (AvgIpc) is 2.27. The molecule has 0 aromatic carbocycles. The van der Waals surface area contributed by atoms with Gasteiger partial charge in [-0.25, -0.2) is 0 Å². The van der Waals surface area contributed by atoms with Gasteiger partial charge in [0, 0.05) is 6.54 Å². The van der Waals surface area contributed by atoms with Crippen molar-refractivity contribution in [2.45, 2.75) is 32.1 Å². The molecule has 17 heavy (non-hydrogen) atoms. The Labute approximate surface area is 106 Å². The smallest absolute Gasteiger partial charge is 0.271 e. The maximum Gasteiger partial charge on any atom is 0.271 e. The van der Waals surface area contributed by atoms with Crippen molar-refractivity contribution in [2.24, 2.45) is 5.92 Å². The van der Waals surface area contributed by atoms with E-state index in [1.807, 2.05) is 0 Å². The molecule has 1 aromatic heterocycles. The van der Waals surface area contributed by atoms with Crippen LogP contribution in [0.4, 0.5) is 0 Å². The van der Waals surface area contributed by atoms with Gasteiger partial charge in [-0.3, -0.25) is 4.79 Å². The number of amides is 1. The van der Waals surface area contributed by atoms with Gasteiger partial charge in [0.25, 0.3) is 5.91 Å². The fraction of sp³-hybridized carbons (Fsp3) is 0.583. The number of hydrogen-bond acceptors (Lipinski definition) is 3. The van der Waals surface area contributed by atoms with E-state index in [-0.39, 0.29) is 5.91 Å². The van der Waals surface area contributed by atoms with Gasteiger partial charge in [-0.1, -0.05) is 30.9 Å². The third-order valence-corrected chi connectivity index (χ3v) is 3.37. The van der Waals surface area contributed by atoms with Gasteiger partial charge in [-0.2, -0.15) is 0 Å². The average molecular weight is 254 g/mol. The normalized spacial score (nSPS) is 15.4. The van der Waals surface area contributed by atoms with Gasteiger partial charge < -0.3 is 5.32 Å². The van der Waals surface area contributed by atoms with Gasteiger partial charge in [-0.05, 0) is 30.9 Å². The molecule has 2 rings (SSSR count). The second-order valence-corrected chi connectivity index (χ2v) is 4.82. The second kappa shape index (κ2) is 5.96. The van der Waals surface area contributed by atoms with Crippen molar-refractivity contribution in [3.05, 3.63) is 23.0 Å². The SMILES string of the molecule is O=C(NCCCC1CCC1)c1ccc(Cl)nn1. The van der Waals surface area contributed by atoms with E-state index in [0.717, 1.165) is 12.3 Å². The standard InChI is InChI=1S/C12H16ClN3O/c13-11-7-6-10(15-16-11)12(17)14-8-2-5-9-3-1-4-9/h6-7,9H,1-5,8H2,(H,14,17). The molecule has 1 heterocycles. The van der Waals surface area contributed by atoms with E-state index >= 15 is 0 Å². The number of carbonyl (C=O) groups is 1. The molecule has 4 nitrogen and oxygen atoms in total. The minimum absolute atomic E-state index is 0.178. The number of halogens is 1. The molecule has 1 aromatic rings. The molecular weight excluding hydrogens is 238 g/mol. The monoisotopic (exact) mass is 253 g/mol. The van der Waals surface area contributed by atoms with E-state index in [1.54, 1.807) is 12.1 Å². The first-order valence-corrected chi connectivity index (χ1v) is 6.41. The zero-order valence-electron chi connectivity index (χ0n) is 9.66. The van der Waals surface area contributed by atoms with Gasteiger partial charge in [0.05, 0.1) is 0 Å². The summed E-state index contributed by atoms with van der Waals surface area (Å²) in [5.74, 6) is 0.713. The van der Waals surface area contributed by atoms with Crippen LogP contribution < -0.4 is 5.32 Å². The summed E-state index contributed by atoms with van der Waals surface area (Å²) in [6.07, 6.45) is 6.34. The minimum Gasteiger partial charge on any atom is -0.351 e. The molecule has 1 aliphatic carbocycles. The summed E-state index contributed by atoms with van der Waals surface area (Å²) >= 11 is 5.60. The maximum atomic E-state index is 11.6. The molecule has 0 bridgehead atoms. The minimum atomic E-state index is -0.178. The number of carbonyl (C=O) groups excluding carboxylic acids is 1. The third kappa shape index (κ3) is 3.66. The number of hydrogen-bond donors (Lipinski definition) is 1. The molecule has 1 N–H and O–H groups in total. The van der Waals surface area contributed by atoms with Gasteiger partial charge >= 0.3 is 0 Å². The summed E-state index contributed by atoms with van der Waals surface area (Å²) in [7, 11) is 0. The van der Waals surface area contributed by atoms with Gasteiger partial charge in [0.15, 0.2) is 10.8 Å². The molecule has 0 atom stereocenters. The van der Waals surface area contributed by atoms with E-state index in [1.165, 1.54) is 25.7 Å². The van der Waals surface area contributed by atoms with Crippen LogP contribution in [0.2, 0.25) is 5.15 Å². The van der Waals surface area contributed by atoms with Crippen LogP contribution in [0.3, 0.4) is 0 Å². The molecule has 1 saturated carbocycles. The Morgan fingerprint density at radius 3 is 2.82 bits per heavy atom. The second-order valence-electron chi connectivity index (χ2n) is 4.44. The van der Waals surface area contributed by atoms with Crippen molar-refractivity contribution in [3.63, 3.8) is 0 Å². The number of rotatable bonds is 5. The van der Waals surface area contributed by atoms with E-state index in [2.05, 4.69) is 15.5 Å². The first-order valence-electron chi connectivity index (χ1n) is 6.03. The van der Waals surface area contributed by atoms with Crippen LogP contribution in [0, 0.1) is 5.92 Å². The van der Waals surface area contributed by atoms with E-state index in [0.29, 0.717) is 17.4 Å². The summed E-state index contributed by atoms with van der Waals surface area (Å²) in [4.78, 5) is 11.6. The zero-order chi connectivity index (χ0) is 12.1. The molecule has 0 saturated heterocycles. The van der Waals surface area contributed by atoms with Crippen molar-refractivity contribution in [2.75, 3.05) is 6.54 Å². The van der Waals surface area contributed by atoms with Gasteiger partial charge in [-0.15, -0.1) is 10.2 Å². The summed E-state index contributed by atoms with van der Waals surface area (Å²) in [6, 6.07) is 3.15. The molecule has 1 aliphatic rings. The topological polar surface area (TPSA) is 54.9 Å². The fourth-order valence-corrected chi connectivity index (χ4v) is 2.00. The molecule has 0 aliphatic heterocycles. The first kappa shape index (κ1) is 12.3. The Morgan fingerprint density at radius 1 is 1.41 bits per heavy atom. The van der Waals surface area contributed by atoms with Gasteiger partial charge in [0.1, 0.15) is 0 Å². The van der Waals surface area contributed by atoms with E-state index in [9.17, 15) is 4.79 Å². The van der Waals surface area contributed by atoms with E-state index in [4.69, 9.17) is 11.6 Å². The van der Waals surface area contributed by atoms with Gasteiger partial charge in [0.2, 0.25) is 0 Å². The van der Waals surface area contributed by atoms with Crippen LogP contribution in [-0.4, -0.2) is 22.6 Å². The Hall–Kier alpha value is -1.16. The van der Waals surface area contributed by atoms with Crippen LogP contribution in [0.5, 0.6) is 0 Å². The van der Waals surface area contributed by atoms with Crippen molar-refractivity contribution in [1.29, 1.82) is 0 Å². The molecule has 5 heteroatoms.